The molecule has 6 nitrogen and oxygen atoms in total. The van der Waals surface area contributed by atoms with E-state index < -0.39 is 11.8 Å². The van der Waals surface area contributed by atoms with E-state index in [0.717, 1.165) is 25.3 Å². The van der Waals surface area contributed by atoms with Gasteiger partial charge < -0.3 is 4.74 Å². The van der Waals surface area contributed by atoms with Crippen LogP contribution in [0.15, 0.2) is 65.1 Å². The van der Waals surface area contributed by atoms with E-state index in [2.05, 4.69) is 32.1 Å². The summed E-state index contributed by atoms with van der Waals surface area (Å²) in [6, 6.07) is 19.0. The van der Waals surface area contributed by atoms with Gasteiger partial charge in [-0.25, -0.2) is 0 Å². The molecule has 10 heteroatoms. The normalized spacial score (nSPS) is 10.7. The first-order valence-corrected chi connectivity index (χ1v) is 11.7. The average molecular weight is 549 g/mol. The van der Waals surface area contributed by atoms with E-state index in [1.165, 1.54) is 11.3 Å². The topological polar surface area (TPSA) is 79.5 Å². The molecule has 3 aromatic carbocycles. The Morgan fingerprint density at radius 2 is 1.72 bits per heavy atom. The highest BCUT2D eigenvalue weighted by Crippen LogP contribution is 2.35. The number of nitrogens with one attached hydrogen (secondary N) is 3. The third kappa shape index (κ3) is 4.86. The fraction of sp³-hybridized carbons (Fsp3) is 0.0455. The van der Waals surface area contributed by atoms with Crippen LogP contribution in [-0.4, -0.2) is 23.5 Å². The number of carbonyl (C=O) groups excluding carboxylic acids is 2. The van der Waals surface area contributed by atoms with Gasteiger partial charge in [-0.3, -0.25) is 25.8 Å². The summed E-state index contributed by atoms with van der Waals surface area (Å²) in [5.74, 6) is -0.397. The molecule has 0 fully saturated rings. The molecule has 3 N–H and O–H groups in total. The summed E-state index contributed by atoms with van der Waals surface area (Å²) in [6.07, 6.45) is 0. The second-order valence-corrected chi connectivity index (χ2v) is 9.22. The lowest BCUT2D eigenvalue weighted by Crippen LogP contribution is -2.49. The van der Waals surface area contributed by atoms with E-state index in [9.17, 15) is 9.59 Å². The third-order valence-electron chi connectivity index (χ3n) is 4.47. The minimum absolute atomic E-state index is 0.0678. The summed E-state index contributed by atoms with van der Waals surface area (Å²) in [5, 5.41) is 5.59. The Hall–Kier alpha value is -2.72. The number of thiocarbonyl (C=S) groups is 1. The molecular weight excluding hydrogens is 534 g/mol. The highest BCUT2D eigenvalue weighted by Gasteiger charge is 2.17. The summed E-state index contributed by atoms with van der Waals surface area (Å²) >= 11 is 16.1. The first-order valence-electron chi connectivity index (χ1n) is 9.31. The molecule has 0 aliphatic heterocycles. The van der Waals surface area contributed by atoms with Crippen LogP contribution >= 0.6 is 51.1 Å². The second kappa shape index (κ2) is 9.83. The molecule has 0 aliphatic rings. The minimum Gasteiger partial charge on any atom is -0.483 e. The van der Waals surface area contributed by atoms with Gasteiger partial charge in [0.15, 0.2) is 11.7 Å². The van der Waals surface area contributed by atoms with Crippen molar-refractivity contribution in [2.24, 2.45) is 0 Å². The van der Waals surface area contributed by atoms with E-state index in [4.69, 9.17) is 28.6 Å². The average Bonchev–Trinajstić information content (AvgIpc) is 3.14. The molecule has 4 rings (SSSR count). The lowest BCUT2D eigenvalue weighted by Gasteiger charge is -2.12. The Bertz CT molecular complexity index is 1360. The molecule has 1 aromatic heterocycles. The maximum Gasteiger partial charge on any atom is 0.281 e. The Balaban J connectivity index is 1.29. The number of fused-ring (bicyclic) bond motifs is 2. The molecular formula is C22H15BrClN3O3S2. The molecule has 0 radical (unpaired) electrons. The molecule has 0 aliphatic carbocycles. The van der Waals surface area contributed by atoms with E-state index >= 15 is 0 Å². The Labute approximate surface area is 206 Å². The van der Waals surface area contributed by atoms with E-state index in [-0.39, 0.29) is 11.7 Å². The zero-order chi connectivity index (χ0) is 22.7. The lowest BCUT2D eigenvalue weighted by molar-refractivity contribution is -0.121. The first-order chi connectivity index (χ1) is 15.4. The Morgan fingerprint density at radius 3 is 2.50 bits per heavy atom. The van der Waals surface area contributed by atoms with Gasteiger partial charge >= 0.3 is 0 Å². The van der Waals surface area contributed by atoms with E-state index in [1.807, 2.05) is 54.6 Å². The molecule has 0 saturated carbocycles. The largest absolute Gasteiger partial charge is 0.483 e. The molecule has 0 atom stereocenters. The fourth-order valence-electron chi connectivity index (χ4n) is 2.99. The number of hydrogen-bond acceptors (Lipinski definition) is 5. The number of rotatable bonds is 4. The Kier molecular flexibility index (Phi) is 6.90. The highest BCUT2D eigenvalue weighted by atomic mass is 79.9. The van der Waals surface area contributed by atoms with Crippen molar-refractivity contribution >= 4 is 88.9 Å². The summed E-state index contributed by atoms with van der Waals surface area (Å²) in [6.45, 7) is -0.255. The number of ether oxygens (including phenoxy) is 1. The first kappa shape index (κ1) is 22.5. The van der Waals surface area contributed by atoms with Gasteiger partial charge in [-0.05, 0) is 51.1 Å². The van der Waals surface area contributed by atoms with Gasteiger partial charge in [0.05, 0.1) is 9.50 Å². The molecule has 1 heterocycles. The number of hydrogen-bond donors (Lipinski definition) is 3. The van der Waals surface area contributed by atoms with Crippen molar-refractivity contribution in [2.45, 2.75) is 0 Å². The van der Waals surface area contributed by atoms with Gasteiger partial charge in [0.1, 0.15) is 10.6 Å². The number of hydrazine groups is 1. The fourth-order valence-corrected chi connectivity index (χ4v) is 5.18. The highest BCUT2D eigenvalue weighted by molar-refractivity contribution is 9.10. The number of carbonyl (C=O) groups is 2. The van der Waals surface area contributed by atoms with Crippen LogP contribution in [0.3, 0.4) is 0 Å². The van der Waals surface area contributed by atoms with Gasteiger partial charge in [0.2, 0.25) is 0 Å². The van der Waals surface area contributed by atoms with Crippen molar-refractivity contribution < 1.29 is 14.3 Å². The third-order valence-corrected chi connectivity index (χ3v) is 7.17. The molecule has 0 spiro atoms. The van der Waals surface area contributed by atoms with Gasteiger partial charge in [-0.15, -0.1) is 11.3 Å². The summed E-state index contributed by atoms with van der Waals surface area (Å²) in [7, 11) is 0. The summed E-state index contributed by atoms with van der Waals surface area (Å²) in [5.41, 5.74) is 4.94. The predicted molar refractivity (Wildman–Crippen MR) is 135 cm³/mol. The van der Waals surface area contributed by atoms with Crippen molar-refractivity contribution in [1.82, 2.24) is 16.2 Å². The van der Waals surface area contributed by atoms with Crippen LogP contribution in [0.25, 0.3) is 20.9 Å². The van der Waals surface area contributed by atoms with Crippen molar-refractivity contribution in [3.63, 3.8) is 0 Å². The van der Waals surface area contributed by atoms with E-state index in [0.29, 0.717) is 15.6 Å². The number of amides is 2. The van der Waals surface area contributed by atoms with Crippen molar-refractivity contribution in [3.8, 4) is 5.75 Å². The minimum atomic E-state index is -0.475. The zero-order valence-electron chi connectivity index (χ0n) is 16.3. The van der Waals surface area contributed by atoms with Crippen LogP contribution in [0.2, 0.25) is 5.02 Å². The lowest BCUT2D eigenvalue weighted by atomic mass is 10.1. The molecule has 2 amide bonds. The standard InChI is InChI=1S/C22H15BrClN3O3S2/c23-18-13-6-2-1-5-12(13)9-10-15(18)30-11-17(28)25-22(31)27-26-21(29)20-19(24)14-7-3-4-8-16(14)32-20/h1-10H,11H2,(H,26,29)(H2,25,27,28,31). The van der Waals surface area contributed by atoms with Crippen molar-refractivity contribution in [1.29, 1.82) is 0 Å². The number of benzene rings is 3. The van der Waals surface area contributed by atoms with Crippen LogP contribution in [0.5, 0.6) is 5.75 Å². The van der Waals surface area contributed by atoms with Crippen LogP contribution in [0, 0.1) is 0 Å². The maximum atomic E-state index is 12.4. The van der Waals surface area contributed by atoms with E-state index in [1.54, 1.807) is 6.07 Å². The molecule has 162 valence electrons. The van der Waals surface area contributed by atoms with Crippen LogP contribution in [0.4, 0.5) is 0 Å². The molecule has 0 bridgehead atoms. The van der Waals surface area contributed by atoms with Crippen molar-refractivity contribution in [2.75, 3.05) is 6.61 Å². The number of thiophene rings is 1. The predicted octanol–water partition coefficient (Wildman–Crippen LogP) is 5.18. The zero-order valence-corrected chi connectivity index (χ0v) is 20.3. The molecule has 32 heavy (non-hydrogen) atoms. The second-order valence-electron chi connectivity index (χ2n) is 6.59. The molecule has 0 saturated heterocycles. The quantitative estimate of drug-likeness (QED) is 0.242. The molecule has 4 aromatic rings. The monoisotopic (exact) mass is 547 g/mol. The van der Waals surface area contributed by atoms with Crippen molar-refractivity contribution in [3.05, 3.63) is 75.0 Å². The van der Waals surface area contributed by atoms with Gasteiger partial charge in [0.25, 0.3) is 11.8 Å². The summed E-state index contributed by atoms with van der Waals surface area (Å²) in [4.78, 5) is 25.0. The Morgan fingerprint density at radius 1 is 1.00 bits per heavy atom. The SMILES string of the molecule is O=C(COc1ccc2ccccc2c1Br)NC(=S)NNC(=O)c1sc2ccccc2c1Cl. The van der Waals surface area contributed by atoms with Gasteiger partial charge in [0, 0.05) is 10.1 Å². The summed E-state index contributed by atoms with van der Waals surface area (Å²) < 4.78 is 7.26. The van der Waals surface area contributed by atoms with Gasteiger partial charge in [-0.2, -0.15) is 0 Å². The number of halogens is 2. The van der Waals surface area contributed by atoms with Gasteiger partial charge in [-0.1, -0.05) is 60.1 Å². The molecule has 0 unspecified atom stereocenters. The maximum absolute atomic E-state index is 12.4. The smallest absolute Gasteiger partial charge is 0.281 e. The van der Waals surface area contributed by atoms with Crippen LogP contribution < -0.4 is 20.9 Å². The van der Waals surface area contributed by atoms with Crippen LogP contribution in [-0.2, 0) is 4.79 Å². The van der Waals surface area contributed by atoms with Crippen LogP contribution in [0.1, 0.15) is 9.67 Å².